The summed E-state index contributed by atoms with van der Waals surface area (Å²) in [5.41, 5.74) is 0.347. The summed E-state index contributed by atoms with van der Waals surface area (Å²) in [5, 5.41) is 11.2. The molecule has 2 rings (SSSR count). The monoisotopic (exact) mass is 382 g/mol. The Morgan fingerprint density at radius 1 is 1.15 bits per heavy atom. The number of benzene rings is 1. The molecule has 0 aromatic heterocycles. The van der Waals surface area contributed by atoms with Crippen LogP contribution in [0.25, 0.3) is 0 Å². The highest BCUT2D eigenvalue weighted by molar-refractivity contribution is 7.89. The number of hydrogen-bond donors (Lipinski definition) is 2. The molecule has 1 fully saturated rings. The predicted molar refractivity (Wildman–Crippen MR) is 97.5 cm³/mol. The van der Waals surface area contributed by atoms with E-state index < -0.39 is 16.0 Å². The van der Waals surface area contributed by atoms with Gasteiger partial charge in [0.1, 0.15) is 0 Å². The van der Waals surface area contributed by atoms with Gasteiger partial charge in [-0.2, -0.15) is 4.31 Å². The summed E-state index contributed by atoms with van der Waals surface area (Å²) >= 11 is 0. The molecule has 8 heteroatoms. The number of hydrogen-bond acceptors (Lipinski definition) is 4. The Hall–Kier alpha value is -1.93. The van der Waals surface area contributed by atoms with Gasteiger partial charge >= 0.3 is 5.97 Å². The summed E-state index contributed by atoms with van der Waals surface area (Å²) in [6.07, 6.45) is 5.35. The molecule has 0 bridgehead atoms. The zero-order chi connectivity index (χ0) is 19.2. The number of aliphatic carboxylic acids is 1. The van der Waals surface area contributed by atoms with Gasteiger partial charge in [-0.3, -0.25) is 9.59 Å². The van der Waals surface area contributed by atoms with Crippen LogP contribution in [0.2, 0.25) is 0 Å². The van der Waals surface area contributed by atoms with E-state index in [1.54, 1.807) is 7.05 Å². The molecule has 0 atom stereocenters. The number of amides is 1. The average molecular weight is 382 g/mol. The molecular weight excluding hydrogens is 356 g/mol. The smallest absolute Gasteiger partial charge is 0.303 e. The lowest BCUT2D eigenvalue weighted by Crippen LogP contribution is -2.38. The number of sulfonamides is 1. The Balaban J connectivity index is 1.98. The van der Waals surface area contributed by atoms with Crippen LogP contribution in [0.15, 0.2) is 29.2 Å². The van der Waals surface area contributed by atoms with Crippen molar-refractivity contribution in [2.24, 2.45) is 0 Å². The first kappa shape index (κ1) is 20.4. The highest BCUT2D eigenvalue weighted by Gasteiger charge is 2.29. The summed E-state index contributed by atoms with van der Waals surface area (Å²) in [6, 6.07) is 5.88. The lowest BCUT2D eigenvalue weighted by atomic mass is 9.96. The lowest BCUT2D eigenvalue weighted by molar-refractivity contribution is -0.137. The number of carboxylic acid groups (broad SMARTS) is 1. The molecule has 7 nitrogen and oxygen atoms in total. The van der Waals surface area contributed by atoms with Gasteiger partial charge < -0.3 is 10.4 Å². The van der Waals surface area contributed by atoms with Gasteiger partial charge in [-0.1, -0.05) is 19.3 Å². The second kappa shape index (κ2) is 9.14. The van der Waals surface area contributed by atoms with Crippen LogP contribution in [-0.4, -0.2) is 49.3 Å². The van der Waals surface area contributed by atoms with E-state index >= 15 is 0 Å². The van der Waals surface area contributed by atoms with Gasteiger partial charge in [-0.05, 0) is 43.5 Å². The van der Waals surface area contributed by atoms with E-state index in [2.05, 4.69) is 5.32 Å². The molecule has 1 amide bonds. The molecule has 0 unspecified atom stereocenters. The quantitative estimate of drug-likeness (QED) is 0.671. The van der Waals surface area contributed by atoms with E-state index in [0.29, 0.717) is 12.0 Å². The topological polar surface area (TPSA) is 104 Å². The Morgan fingerprint density at radius 3 is 2.35 bits per heavy atom. The Labute approximate surface area is 154 Å². The highest BCUT2D eigenvalue weighted by atomic mass is 32.2. The molecule has 0 radical (unpaired) electrons. The molecule has 0 saturated heterocycles. The number of nitrogens with zero attached hydrogens (tertiary/aromatic N) is 1. The van der Waals surface area contributed by atoms with Crippen molar-refractivity contribution in [2.45, 2.75) is 55.9 Å². The van der Waals surface area contributed by atoms with Crippen LogP contribution in [-0.2, 0) is 14.8 Å². The van der Waals surface area contributed by atoms with Gasteiger partial charge in [0.15, 0.2) is 0 Å². The second-order valence-corrected chi connectivity index (χ2v) is 8.59. The fourth-order valence-electron chi connectivity index (χ4n) is 3.13. The third-order valence-corrected chi connectivity index (χ3v) is 6.66. The molecule has 26 heavy (non-hydrogen) atoms. The van der Waals surface area contributed by atoms with Gasteiger partial charge in [-0.15, -0.1) is 0 Å². The Bertz CT molecular complexity index is 724. The molecule has 0 heterocycles. The number of rotatable bonds is 8. The molecular formula is C18H26N2O5S. The van der Waals surface area contributed by atoms with Crippen LogP contribution in [0, 0.1) is 0 Å². The van der Waals surface area contributed by atoms with Gasteiger partial charge in [0.05, 0.1) is 4.90 Å². The highest BCUT2D eigenvalue weighted by Crippen LogP contribution is 2.26. The standard InChI is InChI=1S/C18H26N2O5S/c1-20(15-6-3-2-4-7-15)26(24,25)16-11-9-14(10-12-16)18(23)19-13-5-8-17(21)22/h9-12,15H,2-8,13H2,1H3,(H,19,23)(H,21,22). The third kappa shape index (κ3) is 5.28. The minimum Gasteiger partial charge on any atom is -0.481 e. The minimum atomic E-state index is -3.58. The second-order valence-electron chi connectivity index (χ2n) is 6.59. The van der Waals surface area contributed by atoms with E-state index in [1.165, 1.54) is 28.6 Å². The van der Waals surface area contributed by atoms with Crippen LogP contribution in [0.1, 0.15) is 55.3 Å². The van der Waals surface area contributed by atoms with Crippen molar-refractivity contribution < 1.29 is 23.1 Å². The lowest BCUT2D eigenvalue weighted by Gasteiger charge is -2.30. The van der Waals surface area contributed by atoms with Crippen molar-refractivity contribution in [1.82, 2.24) is 9.62 Å². The van der Waals surface area contributed by atoms with Crippen molar-refractivity contribution >= 4 is 21.9 Å². The number of nitrogens with one attached hydrogen (secondary N) is 1. The summed E-state index contributed by atoms with van der Waals surface area (Å²) in [4.78, 5) is 22.6. The van der Waals surface area contributed by atoms with E-state index in [0.717, 1.165) is 32.1 Å². The number of carbonyl (C=O) groups excluding carboxylic acids is 1. The SMILES string of the molecule is CN(C1CCCCC1)S(=O)(=O)c1ccc(C(=O)NCCCC(=O)O)cc1. The molecule has 1 aromatic carbocycles. The van der Waals surface area contributed by atoms with Crippen LogP contribution >= 0.6 is 0 Å². The van der Waals surface area contributed by atoms with Gasteiger partial charge in [0, 0.05) is 31.6 Å². The van der Waals surface area contributed by atoms with Gasteiger partial charge in [0.25, 0.3) is 5.91 Å². The van der Waals surface area contributed by atoms with E-state index in [9.17, 15) is 18.0 Å². The normalized spacial score (nSPS) is 15.8. The van der Waals surface area contributed by atoms with Crippen molar-refractivity contribution in [3.05, 3.63) is 29.8 Å². The minimum absolute atomic E-state index is 0.00897. The molecule has 1 aromatic rings. The van der Waals surface area contributed by atoms with Crippen molar-refractivity contribution in [3.63, 3.8) is 0 Å². The molecule has 0 spiro atoms. The third-order valence-electron chi connectivity index (χ3n) is 4.74. The first-order valence-corrected chi connectivity index (χ1v) is 10.3. The van der Waals surface area contributed by atoms with Crippen molar-refractivity contribution in [1.29, 1.82) is 0 Å². The molecule has 1 aliphatic rings. The van der Waals surface area contributed by atoms with E-state index in [-0.39, 0.29) is 29.8 Å². The van der Waals surface area contributed by atoms with E-state index in [4.69, 9.17) is 5.11 Å². The molecule has 1 aliphatic carbocycles. The largest absolute Gasteiger partial charge is 0.481 e. The maximum atomic E-state index is 12.8. The van der Waals surface area contributed by atoms with Gasteiger partial charge in [-0.25, -0.2) is 8.42 Å². The maximum Gasteiger partial charge on any atom is 0.303 e. The Morgan fingerprint density at radius 2 is 1.77 bits per heavy atom. The van der Waals surface area contributed by atoms with Gasteiger partial charge in [0.2, 0.25) is 10.0 Å². The summed E-state index contributed by atoms with van der Waals surface area (Å²) in [6.45, 7) is 0.260. The number of carboxylic acids is 1. The molecule has 0 aliphatic heterocycles. The zero-order valence-electron chi connectivity index (χ0n) is 15.0. The summed E-state index contributed by atoms with van der Waals surface area (Å²) in [7, 11) is -1.96. The predicted octanol–water partition coefficient (Wildman–Crippen LogP) is 2.23. The van der Waals surface area contributed by atoms with Crippen molar-refractivity contribution in [3.8, 4) is 0 Å². The zero-order valence-corrected chi connectivity index (χ0v) is 15.8. The molecule has 144 valence electrons. The fraction of sp³-hybridized carbons (Fsp3) is 0.556. The number of carbonyl (C=O) groups is 2. The van der Waals surface area contributed by atoms with Crippen LogP contribution in [0.4, 0.5) is 0 Å². The van der Waals surface area contributed by atoms with E-state index in [1.807, 2.05) is 0 Å². The van der Waals surface area contributed by atoms with Crippen molar-refractivity contribution in [2.75, 3.05) is 13.6 Å². The summed E-state index contributed by atoms with van der Waals surface area (Å²) in [5.74, 6) is -1.25. The maximum absolute atomic E-state index is 12.8. The Kier molecular flexibility index (Phi) is 7.16. The first-order valence-electron chi connectivity index (χ1n) is 8.90. The average Bonchev–Trinajstić information content (AvgIpc) is 2.65. The van der Waals surface area contributed by atoms with Crippen LogP contribution in [0.5, 0.6) is 0 Å². The van der Waals surface area contributed by atoms with Crippen LogP contribution in [0.3, 0.4) is 0 Å². The van der Waals surface area contributed by atoms with Crippen LogP contribution < -0.4 is 5.32 Å². The molecule has 1 saturated carbocycles. The summed E-state index contributed by atoms with van der Waals surface area (Å²) < 4.78 is 27.0. The first-order chi connectivity index (χ1) is 12.3. The molecule has 2 N–H and O–H groups in total. The fourth-order valence-corrected chi connectivity index (χ4v) is 4.54.